The maximum atomic E-state index is 11.0. The Balaban J connectivity index is 3.07. The number of nitrogens with one attached hydrogen (secondary N) is 1. The topological polar surface area (TPSA) is 66.4 Å². The summed E-state index contributed by atoms with van der Waals surface area (Å²) in [6.45, 7) is 1.81. The molecule has 1 amide bonds. The third-order valence-electron chi connectivity index (χ3n) is 1.80. The molecule has 1 rings (SSSR count). The maximum absolute atomic E-state index is 11.0. The Morgan fingerprint density at radius 1 is 1.47 bits per heavy atom. The van der Waals surface area contributed by atoms with Crippen molar-refractivity contribution in [2.75, 3.05) is 11.2 Å². The zero-order valence-electron chi connectivity index (χ0n) is 8.08. The SMILES string of the molecule is Cc1ccc(C(=O)O)c(NC(=O)CCl)c1. The number of benzene rings is 1. The van der Waals surface area contributed by atoms with Gasteiger partial charge in [0.1, 0.15) is 5.88 Å². The molecule has 0 heterocycles. The number of amides is 1. The fourth-order valence-corrected chi connectivity index (χ4v) is 1.20. The molecule has 15 heavy (non-hydrogen) atoms. The van der Waals surface area contributed by atoms with E-state index in [1.165, 1.54) is 6.07 Å². The van der Waals surface area contributed by atoms with E-state index in [2.05, 4.69) is 5.32 Å². The molecule has 80 valence electrons. The number of halogens is 1. The van der Waals surface area contributed by atoms with E-state index in [1.54, 1.807) is 12.1 Å². The van der Waals surface area contributed by atoms with E-state index in [0.717, 1.165) is 5.56 Å². The number of aromatic carboxylic acids is 1. The quantitative estimate of drug-likeness (QED) is 0.775. The number of carbonyl (C=O) groups excluding carboxylic acids is 1. The summed E-state index contributed by atoms with van der Waals surface area (Å²) in [6, 6.07) is 4.70. The van der Waals surface area contributed by atoms with Gasteiger partial charge in [0, 0.05) is 0 Å². The molecule has 0 unspecified atom stereocenters. The van der Waals surface area contributed by atoms with Gasteiger partial charge in [0.25, 0.3) is 0 Å². The number of rotatable bonds is 3. The van der Waals surface area contributed by atoms with Crippen LogP contribution in [0.4, 0.5) is 5.69 Å². The van der Waals surface area contributed by atoms with Crippen LogP contribution in [-0.2, 0) is 4.79 Å². The molecule has 1 aromatic rings. The van der Waals surface area contributed by atoms with Crippen molar-refractivity contribution in [3.05, 3.63) is 29.3 Å². The third-order valence-corrected chi connectivity index (χ3v) is 2.04. The van der Waals surface area contributed by atoms with E-state index >= 15 is 0 Å². The van der Waals surface area contributed by atoms with Crippen molar-refractivity contribution >= 4 is 29.2 Å². The van der Waals surface area contributed by atoms with Crippen molar-refractivity contribution in [1.29, 1.82) is 0 Å². The van der Waals surface area contributed by atoms with Gasteiger partial charge in [-0.2, -0.15) is 0 Å². The molecular weight excluding hydrogens is 218 g/mol. The van der Waals surface area contributed by atoms with Gasteiger partial charge >= 0.3 is 5.97 Å². The van der Waals surface area contributed by atoms with Crippen LogP contribution in [0.2, 0.25) is 0 Å². The van der Waals surface area contributed by atoms with Crippen molar-refractivity contribution < 1.29 is 14.7 Å². The first-order valence-corrected chi connectivity index (χ1v) is 4.78. The minimum atomic E-state index is -1.08. The Kier molecular flexibility index (Phi) is 3.68. The Morgan fingerprint density at radius 2 is 2.13 bits per heavy atom. The summed E-state index contributed by atoms with van der Waals surface area (Å²) in [5, 5.41) is 11.3. The number of hydrogen-bond donors (Lipinski definition) is 2. The van der Waals surface area contributed by atoms with E-state index in [1.807, 2.05) is 6.92 Å². The number of aryl methyl sites for hydroxylation is 1. The van der Waals surface area contributed by atoms with E-state index in [9.17, 15) is 9.59 Å². The molecule has 0 spiro atoms. The summed E-state index contributed by atoms with van der Waals surface area (Å²) in [7, 11) is 0. The average Bonchev–Trinajstić information content (AvgIpc) is 2.17. The Hall–Kier alpha value is -1.55. The Labute approximate surface area is 91.9 Å². The highest BCUT2D eigenvalue weighted by Gasteiger charge is 2.11. The standard InChI is InChI=1S/C10H10ClNO3/c1-6-2-3-7(10(14)15)8(4-6)12-9(13)5-11/h2-4H,5H2,1H3,(H,12,13)(H,14,15). The molecule has 4 nitrogen and oxygen atoms in total. The van der Waals surface area contributed by atoms with Crippen LogP contribution in [0, 0.1) is 6.92 Å². The number of hydrogen-bond acceptors (Lipinski definition) is 2. The molecule has 0 radical (unpaired) electrons. The molecule has 2 N–H and O–H groups in total. The predicted molar refractivity (Wildman–Crippen MR) is 57.5 cm³/mol. The number of alkyl halides is 1. The van der Waals surface area contributed by atoms with Crippen LogP contribution in [0.15, 0.2) is 18.2 Å². The first-order valence-electron chi connectivity index (χ1n) is 4.24. The average molecular weight is 228 g/mol. The van der Waals surface area contributed by atoms with Gasteiger partial charge in [-0.25, -0.2) is 4.79 Å². The molecule has 0 aliphatic rings. The highest BCUT2D eigenvalue weighted by Crippen LogP contribution is 2.17. The van der Waals surface area contributed by atoms with Crippen LogP contribution in [0.25, 0.3) is 0 Å². The van der Waals surface area contributed by atoms with Gasteiger partial charge in [-0.3, -0.25) is 4.79 Å². The fraction of sp³-hybridized carbons (Fsp3) is 0.200. The number of anilines is 1. The van der Waals surface area contributed by atoms with Crippen molar-refractivity contribution in [2.45, 2.75) is 6.92 Å². The largest absolute Gasteiger partial charge is 0.478 e. The monoisotopic (exact) mass is 227 g/mol. The second-order valence-corrected chi connectivity index (χ2v) is 3.30. The van der Waals surface area contributed by atoms with Gasteiger partial charge in [0.2, 0.25) is 5.91 Å². The highest BCUT2D eigenvalue weighted by atomic mass is 35.5. The smallest absolute Gasteiger partial charge is 0.337 e. The van der Waals surface area contributed by atoms with E-state index < -0.39 is 11.9 Å². The van der Waals surface area contributed by atoms with Gasteiger partial charge in [-0.15, -0.1) is 11.6 Å². The normalized spacial score (nSPS) is 9.73. The summed E-state index contributed by atoms with van der Waals surface area (Å²) in [5.74, 6) is -1.71. The lowest BCUT2D eigenvalue weighted by Gasteiger charge is -2.07. The lowest BCUT2D eigenvalue weighted by Crippen LogP contribution is -2.15. The van der Waals surface area contributed by atoms with Crippen molar-refractivity contribution in [3.63, 3.8) is 0 Å². The molecule has 0 aliphatic carbocycles. The molecule has 0 fully saturated rings. The molecule has 0 saturated heterocycles. The molecule has 5 heteroatoms. The lowest BCUT2D eigenvalue weighted by atomic mass is 10.1. The summed E-state index contributed by atoms with van der Waals surface area (Å²) >= 11 is 5.31. The maximum Gasteiger partial charge on any atom is 0.337 e. The zero-order valence-corrected chi connectivity index (χ0v) is 8.84. The van der Waals surface area contributed by atoms with E-state index in [0.29, 0.717) is 0 Å². The third kappa shape index (κ3) is 2.95. The second kappa shape index (κ2) is 4.79. The van der Waals surface area contributed by atoms with Crippen LogP contribution < -0.4 is 5.32 Å². The fourth-order valence-electron chi connectivity index (χ4n) is 1.13. The first kappa shape index (κ1) is 11.5. The van der Waals surface area contributed by atoms with Crippen LogP contribution >= 0.6 is 11.6 Å². The van der Waals surface area contributed by atoms with Crippen molar-refractivity contribution in [1.82, 2.24) is 0 Å². The minimum absolute atomic E-state index is 0.0547. The van der Waals surface area contributed by atoms with Crippen LogP contribution in [0.1, 0.15) is 15.9 Å². The van der Waals surface area contributed by atoms with Gasteiger partial charge in [-0.1, -0.05) is 6.07 Å². The van der Waals surface area contributed by atoms with Crippen LogP contribution in [0.3, 0.4) is 0 Å². The first-order chi connectivity index (χ1) is 7.04. The van der Waals surface area contributed by atoms with Crippen molar-refractivity contribution in [3.8, 4) is 0 Å². The molecule has 1 aromatic carbocycles. The Bertz CT molecular complexity index is 404. The molecule has 0 bridgehead atoms. The lowest BCUT2D eigenvalue weighted by molar-refractivity contribution is -0.113. The number of carboxylic acid groups (broad SMARTS) is 1. The molecule has 0 aromatic heterocycles. The van der Waals surface area contributed by atoms with E-state index in [-0.39, 0.29) is 17.1 Å². The van der Waals surface area contributed by atoms with Gasteiger partial charge in [-0.05, 0) is 24.6 Å². The summed E-state index contributed by atoms with van der Waals surface area (Å²) < 4.78 is 0. The number of carboxylic acids is 1. The summed E-state index contributed by atoms with van der Waals surface area (Å²) in [4.78, 5) is 21.8. The van der Waals surface area contributed by atoms with Crippen LogP contribution in [-0.4, -0.2) is 22.9 Å². The zero-order chi connectivity index (χ0) is 11.4. The van der Waals surface area contributed by atoms with Crippen molar-refractivity contribution in [2.24, 2.45) is 0 Å². The molecule has 0 aliphatic heterocycles. The van der Waals surface area contributed by atoms with Gasteiger partial charge in [0.15, 0.2) is 0 Å². The predicted octanol–water partition coefficient (Wildman–Crippen LogP) is 1.87. The molecule has 0 saturated carbocycles. The Morgan fingerprint density at radius 3 is 2.67 bits per heavy atom. The second-order valence-electron chi connectivity index (χ2n) is 3.04. The minimum Gasteiger partial charge on any atom is -0.478 e. The summed E-state index contributed by atoms with van der Waals surface area (Å²) in [5.41, 5.74) is 1.19. The van der Waals surface area contributed by atoms with E-state index in [4.69, 9.17) is 16.7 Å². The van der Waals surface area contributed by atoms with Crippen LogP contribution in [0.5, 0.6) is 0 Å². The van der Waals surface area contributed by atoms with Gasteiger partial charge in [0.05, 0.1) is 11.3 Å². The number of carbonyl (C=O) groups is 2. The molecule has 0 atom stereocenters. The molecular formula is C10H10ClNO3. The van der Waals surface area contributed by atoms with Gasteiger partial charge < -0.3 is 10.4 Å². The highest BCUT2D eigenvalue weighted by molar-refractivity contribution is 6.29. The summed E-state index contributed by atoms with van der Waals surface area (Å²) in [6.07, 6.45) is 0.